The zero-order valence-electron chi connectivity index (χ0n) is 14.0. The van der Waals surface area contributed by atoms with Crippen LogP contribution in [0.4, 0.5) is 0 Å². The number of ether oxygens (including phenoxy) is 2. The van der Waals surface area contributed by atoms with Crippen molar-refractivity contribution in [2.45, 2.75) is 38.1 Å². The summed E-state index contributed by atoms with van der Waals surface area (Å²) in [6, 6.07) is 6.66. The Morgan fingerprint density at radius 3 is 2.26 bits per heavy atom. The van der Waals surface area contributed by atoms with Gasteiger partial charge in [-0.1, -0.05) is 26.0 Å². The van der Waals surface area contributed by atoms with Crippen LogP contribution in [0.15, 0.2) is 24.3 Å². The van der Waals surface area contributed by atoms with E-state index in [0.717, 1.165) is 11.3 Å². The molecule has 2 unspecified atom stereocenters. The van der Waals surface area contributed by atoms with Gasteiger partial charge >= 0.3 is 5.97 Å². The molecule has 1 aromatic rings. The molecule has 0 spiro atoms. The summed E-state index contributed by atoms with van der Waals surface area (Å²) in [6.45, 7) is 3.94. The molecule has 128 valence electrons. The molecule has 23 heavy (non-hydrogen) atoms. The maximum absolute atomic E-state index is 12.2. The molecule has 0 saturated carbocycles. The van der Waals surface area contributed by atoms with E-state index in [1.165, 1.54) is 7.11 Å². The van der Waals surface area contributed by atoms with Gasteiger partial charge in [-0.3, -0.25) is 4.79 Å². The molecular formula is C17H24ClNO4. The Kier molecular flexibility index (Phi) is 7.89. The van der Waals surface area contributed by atoms with Crippen molar-refractivity contribution >= 4 is 23.5 Å². The third-order valence-electron chi connectivity index (χ3n) is 3.37. The van der Waals surface area contributed by atoms with Gasteiger partial charge in [0, 0.05) is 0 Å². The smallest absolute Gasteiger partial charge is 0.328 e. The number of hydrogen-bond acceptors (Lipinski definition) is 4. The standard InChI is InChI=1S/C17H24ClNO4/c1-11(2)9-15(17(21)23-4)19-16(20)14(18)10-12-5-7-13(22-3)8-6-12/h5-8,11,14-15H,9-10H2,1-4H3,(H,19,20). The van der Waals surface area contributed by atoms with Gasteiger partial charge in [0.05, 0.1) is 14.2 Å². The number of rotatable bonds is 8. The maximum Gasteiger partial charge on any atom is 0.328 e. The summed E-state index contributed by atoms with van der Waals surface area (Å²) in [4.78, 5) is 23.9. The lowest BCUT2D eigenvalue weighted by Gasteiger charge is -2.20. The van der Waals surface area contributed by atoms with Crippen LogP contribution in [0.25, 0.3) is 0 Å². The summed E-state index contributed by atoms with van der Waals surface area (Å²) < 4.78 is 9.81. The molecule has 0 heterocycles. The van der Waals surface area contributed by atoms with Crippen LogP contribution in [0, 0.1) is 5.92 Å². The van der Waals surface area contributed by atoms with Crippen LogP contribution in [-0.4, -0.2) is 37.5 Å². The highest BCUT2D eigenvalue weighted by Crippen LogP contribution is 2.15. The second-order valence-corrected chi connectivity index (χ2v) is 6.26. The van der Waals surface area contributed by atoms with Crippen LogP contribution in [0.2, 0.25) is 0 Å². The van der Waals surface area contributed by atoms with Gasteiger partial charge in [-0.25, -0.2) is 4.79 Å². The SMILES string of the molecule is COC(=O)C(CC(C)C)NC(=O)C(Cl)Cc1ccc(OC)cc1. The van der Waals surface area contributed by atoms with Crippen molar-refractivity contribution < 1.29 is 19.1 Å². The minimum Gasteiger partial charge on any atom is -0.497 e. The second-order valence-electron chi connectivity index (χ2n) is 5.73. The van der Waals surface area contributed by atoms with E-state index in [-0.39, 0.29) is 11.8 Å². The van der Waals surface area contributed by atoms with Crippen LogP contribution in [0.1, 0.15) is 25.8 Å². The molecule has 2 atom stereocenters. The zero-order valence-corrected chi connectivity index (χ0v) is 14.7. The van der Waals surface area contributed by atoms with Gasteiger partial charge in [0.1, 0.15) is 17.2 Å². The molecule has 1 aromatic carbocycles. The number of hydrogen-bond donors (Lipinski definition) is 1. The van der Waals surface area contributed by atoms with E-state index in [9.17, 15) is 9.59 Å². The van der Waals surface area contributed by atoms with Crippen molar-refractivity contribution in [2.75, 3.05) is 14.2 Å². The van der Waals surface area contributed by atoms with Gasteiger partial charge in [0.25, 0.3) is 0 Å². The molecule has 1 N–H and O–H groups in total. The first-order valence-corrected chi connectivity index (χ1v) is 7.96. The number of nitrogens with one attached hydrogen (secondary N) is 1. The van der Waals surface area contributed by atoms with Crippen LogP contribution in [0.5, 0.6) is 5.75 Å². The summed E-state index contributed by atoms with van der Waals surface area (Å²) >= 11 is 6.17. The molecule has 5 nitrogen and oxygen atoms in total. The van der Waals surface area contributed by atoms with Crippen molar-refractivity contribution in [3.8, 4) is 5.75 Å². The van der Waals surface area contributed by atoms with Crippen molar-refractivity contribution in [2.24, 2.45) is 5.92 Å². The normalized spacial score (nSPS) is 13.3. The topological polar surface area (TPSA) is 64.6 Å². The molecule has 0 fully saturated rings. The van der Waals surface area contributed by atoms with Gasteiger partial charge < -0.3 is 14.8 Å². The fourth-order valence-electron chi connectivity index (χ4n) is 2.15. The lowest BCUT2D eigenvalue weighted by atomic mass is 10.0. The monoisotopic (exact) mass is 341 g/mol. The molecule has 6 heteroatoms. The number of carbonyl (C=O) groups excluding carboxylic acids is 2. The Bertz CT molecular complexity index is 516. The Balaban J connectivity index is 2.64. The lowest BCUT2D eigenvalue weighted by molar-refractivity contribution is -0.145. The zero-order chi connectivity index (χ0) is 17.4. The molecule has 0 aliphatic rings. The fraction of sp³-hybridized carbons (Fsp3) is 0.529. The van der Waals surface area contributed by atoms with Crippen molar-refractivity contribution in [1.29, 1.82) is 0 Å². The Labute approximate surface area is 142 Å². The second kappa shape index (κ2) is 9.40. The summed E-state index contributed by atoms with van der Waals surface area (Å²) in [5.74, 6) is 0.153. The number of alkyl halides is 1. The van der Waals surface area contributed by atoms with Gasteiger partial charge in [0.2, 0.25) is 5.91 Å². The van der Waals surface area contributed by atoms with E-state index < -0.39 is 17.4 Å². The van der Waals surface area contributed by atoms with E-state index in [1.807, 2.05) is 38.1 Å². The maximum atomic E-state index is 12.2. The van der Waals surface area contributed by atoms with Crippen molar-refractivity contribution in [3.05, 3.63) is 29.8 Å². The van der Waals surface area contributed by atoms with E-state index in [0.29, 0.717) is 12.8 Å². The first kappa shape index (κ1) is 19.3. The number of benzene rings is 1. The van der Waals surface area contributed by atoms with Gasteiger partial charge in [-0.15, -0.1) is 11.6 Å². The Hall–Kier alpha value is -1.75. The number of carbonyl (C=O) groups is 2. The summed E-state index contributed by atoms with van der Waals surface area (Å²) in [6.07, 6.45) is 0.873. The molecule has 0 aromatic heterocycles. The lowest BCUT2D eigenvalue weighted by Crippen LogP contribution is -2.45. The van der Waals surface area contributed by atoms with E-state index in [2.05, 4.69) is 5.32 Å². The van der Waals surface area contributed by atoms with Gasteiger partial charge in [-0.05, 0) is 36.5 Å². The minimum absolute atomic E-state index is 0.245. The van der Waals surface area contributed by atoms with Crippen molar-refractivity contribution in [3.63, 3.8) is 0 Å². The van der Waals surface area contributed by atoms with E-state index in [4.69, 9.17) is 21.1 Å². The van der Waals surface area contributed by atoms with Gasteiger partial charge in [0.15, 0.2) is 0 Å². The van der Waals surface area contributed by atoms with E-state index >= 15 is 0 Å². The predicted molar refractivity (Wildman–Crippen MR) is 89.7 cm³/mol. The average molecular weight is 342 g/mol. The van der Waals surface area contributed by atoms with Crippen LogP contribution in [0.3, 0.4) is 0 Å². The third-order valence-corrected chi connectivity index (χ3v) is 3.72. The molecule has 0 aliphatic heterocycles. The molecule has 1 amide bonds. The quantitative estimate of drug-likeness (QED) is 0.583. The molecule has 0 radical (unpaired) electrons. The van der Waals surface area contributed by atoms with Gasteiger partial charge in [-0.2, -0.15) is 0 Å². The largest absolute Gasteiger partial charge is 0.497 e. The van der Waals surface area contributed by atoms with E-state index in [1.54, 1.807) is 7.11 Å². The van der Waals surface area contributed by atoms with Crippen molar-refractivity contribution in [1.82, 2.24) is 5.32 Å². The van der Waals surface area contributed by atoms with Crippen LogP contribution < -0.4 is 10.1 Å². The summed E-state index contributed by atoms with van der Waals surface area (Å²) in [5, 5.41) is 1.91. The number of halogens is 1. The first-order valence-electron chi connectivity index (χ1n) is 7.52. The third kappa shape index (κ3) is 6.48. The fourth-order valence-corrected chi connectivity index (χ4v) is 2.39. The average Bonchev–Trinajstić information content (AvgIpc) is 2.53. The summed E-state index contributed by atoms with van der Waals surface area (Å²) in [7, 11) is 2.89. The van der Waals surface area contributed by atoms with Crippen LogP contribution in [-0.2, 0) is 20.7 Å². The number of methoxy groups -OCH3 is 2. The Morgan fingerprint density at radius 1 is 1.17 bits per heavy atom. The first-order chi connectivity index (χ1) is 10.9. The Morgan fingerprint density at radius 2 is 1.78 bits per heavy atom. The molecule has 0 saturated heterocycles. The molecule has 0 bridgehead atoms. The molecular weight excluding hydrogens is 318 g/mol. The highest BCUT2D eigenvalue weighted by molar-refractivity contribution is 6.31. The number of amides is 1. The highest BCUT2D eigenvalue weighted by Gasteiger charge is 2.25. The minimum atomic E-state index is -0.761. The number of esters is 1. The molecule has 0 aliphatic carbocycles. The van der Waals surface area contributed by atoms with Crippen LogP contribution >= 0.6 is 11.6 Å². The predicted octanol–water partition coefficient (Wildman–Crippen LogP) is 2.55. The summed E-state index contributed by atoms with van der Waals surface area (Å²) in [5.41, 5.74) is 0.916. The highest BCUT2D eigenvalue weighted by atomic mass is 35.5. The molecule has 1 rings (SSSR count).